The van der Waals surface area contributed by atoms with Crippen molar-refractivity contribution in [3.63, 3.8) is 0 Å². The lowest BCUT2D eigenvalue weighted by atomic mass is 10.1. The third kappa shape index (κ3) is 8.64. The highest BCUT2D eigenvalue weighted by Gasteiger charge is 2.33. The first-order valence-electron chi connectivity index (χ1n) is 9.80. The van der Waals surface area contributed by atoms with E-state index in [4.69, 9.17) is 18.9 Å². The highest BCUT2D eigenvalue weighted by atomic mass is 19.1. The van der Waals surface area contributed by atoms with Gasteiger partial charge in [0.2, 0.25) is 0 Å². The van der Waals surface area contributed by atoms with Crippen molar-refractivity contribution in [3.05, 3.63) is 33.1 Å². The zero-order chi connectivity index (χ0) is 20.8. The molecule has 0 unspecified atom stereocenters. The normalized spacial score (nSPS) is 14.7. The van der Waals surface area contributed by atoms with Crippen LogP contribution in [-0.2, 0) is 18.9 Å². The molecule has 0 aromatic carbocycles. The van der Waals surface area contributed by atoms with E-state index in [-0.39, 0.29) is 6.79 Å². The number of hydrogen-bond donors (Lipinski definition) is 1. The van der Waals surface area contributed by atoms with E-state index in [0.717, 1.165) is 36.3 Å². The van der Waals surface area contributed by atoms with Crippen LogP contribution >= 0.6 is 0 Å². The molecule has 0 aliphatic carbocycles. The van der Waals surface area contributed by atoms with Crippen molar-refractivity contribution in [2.45, 2.75) is 64.5 Å². The number of unbranched alkanes of at least 4 members (excludes halogenated alkanes) is 2. The van der Waals surface area contributed by atoms with Crippen molar-refractivity contribution in [2.24, 2.45) is 0 Å². The summed E-state index contributed by atoms with van der Waals surface area (Å²) in [6, 6.07) is 1.14. The molecule has 28 heavy (non-hydrogen) atoms. The Bertz CT molecular complexity index is 635. The number of alkyl halides is 1. The summed E-state index contributed by atoms with van der Waals surface area (Å²) in [5.74, 6) is 0. The minimum absolute atomic E-state index is 0.217. The maximum absolute atomic E-state index is 15.4. The van der Waals surface area contributed by atoms with Gasteiger partial charge < -0.3 is 18.9 Å². The minimum atomic E-state index is -1.66. The molecular formula is C19H33FN2O6. The van der Waals surface area contributed by atoms with E-state index >= 15 is 4.39 Å². The monoisotopic (exact) mass is 404 g/mol. The van der Waals surface area contributed by atoms with Crippen LogP contribution in [0.25, 0.3) is 0 Å². The number of H-pyrrole nitrogens is 1. The molecule has 1 heterocycles. The number of nitrogens with zero attached hydrogens (tertiary/aromatic N) is 1. The molecule has 1 N–H and O–H groups in total. The summed E-state index contributed by atoms with van der Waals surface area (Å²) >= 11 is 0. The largest absolute Gasteiger partial charge is 0.381 e. The van der Waals surface area contributed by atoms with Crippen molar-refractivity contribution in [2.75, 3.05) is 33.7 Å². The molecule has 9 heteroatoms. The van der Waals surface area contributed by atoms with Crippen LogP contribution in [0.3, 0.4) is 0 Å². The molecule has 0 aliphatic heterocycles. The average molecular weight is 404 g/mol. The standard InChI is InChI=1S/C19H33FN2O6/c1-4-6-11-26-13-9-15(27-12-7-5-2)17(20)18(28-14-25-3)22-10-8-16(23)21-19(22)24/h8,10,15,17-18H,4-7,9,11-14H2,1-3H3,(H,21,23,24)/t15-,17-,18-/m1/s1. The third-order valence-electron chi connectivity index (χ3n) is 4.13. The van der Waals surface area contributed by atoms with Gasteiger partial charge in [-0.1, -0.05) is 26.7 Å². The Morgan fingerprint density at radius 1 is 1.11 bits per heavy atom. The molecule has 0 spiro atoms. The van der Waals surface area contributed by atoms with Crippen LogP contribution in [0.1, 0.15) is 52.2 Å². The SMILES string of the molecule is CCCCOCC[C@@H](OCCCC)[C@@H](F)[C@@H](OCOC)n1ccc(=O)[nH]c1=O. The van der Waals surface area contributed by atoms with Gasteiger partial charge in [0.15, 0.2) is 12.4 Å². The molecule has 0 aliphatic rings. The van der Waals surface area contributed by atoms with Gasteiger partial charge in [-0.05, 0) is 19.3 Å². The van der Waals surface area contributed by atoms with Crippen molar-refractivity contribution >= 4 is 0 Å². The maximum atomic E-state index is 15.4. The first-order valence-corrected chi connectivity index (χ1v) is 9.80. The Hall–Kier alpha value is -1.55. The molecule has 0 amide bonds. The zero-order valence-corrected chi connectivity index (χ0v) is 17.0. The number of nitrogens with one attached hydrogen (secondary N) is 1. The summed E-state index contributed by atoms with van der Waals surface area (Å²) in [5.41, 5.74) is -1.33. The smallest absolute Gasteiger partial charge is 0.330 e. The maximum Gasteiger partial charge on any atom is 0.330 e. The van der Waals surface area contributed by atoms with E-state index in [9.17, 15) is 9.59 Å². The highest BCUT2D eigenvalue weighted by molar-refractivity contribution is 4.87. The molecule has 3 atom stereocenters. The van der Waals surface area contributed by atoms with Crippen molar-refractivity contribution in [3.8, 4) is 0 Å². The number of rotatable bonds is 16. The molecule has 162 valence electrons. The van der Waals surface area contributed by atoms with E-state index in [1.54, 1.807) is 0 Å². The van der Waals surface area contributed by atoms with E-state index in [0.29, 0.717) is 26.2 Å². The second kappa shape index (κ2) is 14.4. The Kier molecular flexibility index (Phi) is 12.6. The van der Waals surface area contributed by atoms with Crippen LogP contribution in [0.4, 0.5) is 4.39 Å². The lowest BCUT2D eigenvalue weighted by molar-refractivity contribution is -0.160. The predicted octanol–water partition coefficient (Wildman–Crippen LogP) is 2.39. The highest BCUT2D eigenvalue weighted by Crippen LogP contribution is 2.23. The van der Waals surface area contributed by atoms with Crippen LogP contribution < -0.4 is 11.2 Å². The lowest BCUT2D eigenvalue weighted by Gasteiger charge is -2.29. The van der Waals surface area contributed by atoms with Gasteiger partial charge in [-0.2, -0.15) is 0 Å². The topological polar surface area (TPSA) is 91.8 Å². The molecule has 8 nitrogen and oxygen atoms in total. The van der Waals surface area contributed by atoms with Gasteiger partial charge in [-0.25, -0.2) is 9.18 Å². The molecule has 0 radical (unpaired) electrons. The molecule has 1 rings (SSSR count). The Morgan fingerprint density at radius 2 is 1.82 bits per heavy atom. The van der Waals surface area contributed by atoms with Gasteiger partial charge in [0, 0.05) is 39.2 Å². The minimum Gasteiger partial charge on any atom is -0.381 e. The fourth-order valence-electron chi connectivity index (χ4n) is 2.54. The lowest BCUT2D eigenvalue weighted by Crippen LogP contribution is -2.42. The van der Waals surface area contributed by atoms with Crippen molar-refractivity contribution < 1.29 is 23.3 Å². The Labute approximate surface area is 164 Å². The molecule has 1 aromatic rings. The van der Waals surface area contributed by atoms with Gasteiger partial charge >= 0.3 is 5.69 Å². The van der Waals surface area contributed by atoms with E-state index in [1.165, 1.54) is 13.3 Å². The number of halogens is 1. The van der Waals surface area contributed by atoms with Gasteiger partial charge in [0.05, 0.1) is 6.10 Å². The number of aromatic nitrogens is 2. The molecule has 0 bridgehead atoms. The number of methoxy groups -OCH3 is 1. The Balaban J connectivity index is 2.93. The van der Waals surface area contributed by atoms with Crippen LogP contribution in [0, 0.1) is 0 Å². The molecule has 0 saturated carbocycles. The summed E-state index contributed by atoms with van der Waals surface area (Å²) in [4.78, 5) is 25.5. The Morgan fingerprint density at radius 3 is 2.46 bits per heavy atom. The quantitative estimate of drug-likeness (QED) is 0.336. The van der Waals surface area contributed by atoms with Gasteiger partial charge in [0.1, 0.15) is 6.79 Å². The average Bonchev–Trinajstić information content (AvgIpc) is 2.67. The second-order valence-corrected chi connectivity index (χ2v) is 6.44. The van der Waals surface area contributed by atoms with Gasteiger partial charge in [-0.15, -0.1) is 0 Å². The summed E-state index contributed by atoms with van der Waals surface area (Å²) in [6.07, 6.45) is 1.40. The first-order chi connectivity index (χ1) is 13.5. The van der Waals surface area contributed by atoms with Crippen LogP contribution in [0.2, 0.25) is 0 Å². The molecule has 0 saturated heterocycles. The second-order valence-electron chi connectivity index (χ2n) is 6.44. The summed E-state index contributed by atoms with van der Waals surface area (Å²) < 4.78 is 38.0. The molecule has 0 fully saturated rings. The van der Waals surface area contributed by atoms with E-state index < -0.39 is 29.8 Å². The number of hydrogen-bond acceptors (Lipinski definition) is 6. The fraction of sp³-hybridized carbons (Fsp3) is 0.789. The van der Waals surface area contributed by atoms with Crippen LogP contribution in [0.5, 0.6) is 0 Å². The van der Waals surface area contributed by atoms with Crippen LogP contribution in [-0.4, -0.2) is 55.6 Å². The first kappa shape index (κ1) is 24.5. The van der Waals surface area contributed by atoms with Gasteiger partial charge in [-0.3, -0.25) is 14.3 Å². The zero-order valence-electron chi connectivity index (χ0n) is 17.0. The summed E-state index contributed by atoms with van der Waals surface area (Å²) in [5, 5.41) is 0. The summed E-state index contributed by atoms with van der Waals surface area (Å²) in [7, 11) is 1.40. The predicted molar refractivity (Wildman–Crippen MR) is 103 cm³/mol. The number of aromatic amines is 1. The van der Waals surface area contributed by atoms with E-state index in [1.807, 2.05) is 6.92 Å². The van der Waals surface area contributed by atoms with Crippen molar-refractivity contribution in [1.29, 1.82) is 0 Å². The summed E-state index contributed by atoms with van der Waals surface area (Å²) in [6.45, 7) is 5.22. The van der Waals surface area contributed by atoms with E-state index in [2.05, 4.69) is 11.9 Å². The molecule has 1 aromatic heterocycles. The van der Waals surface area contributed by atoms with Gasteiger partial charge in [0.25, 0.3) is 5.56 Å². The third-order valence-corrected chi connectivity index (χ3v) is 4.13. The fourth-order valence-corrected chi connectivity index (χ4v) is 2.54. The number of ether oxygens (including phenoxy) is 4. The molecular weight excluding hydrogens is 371 g/mol. The van der Waals surface area contributed by atoms with Crippen LogP contribution in [0.15, 0.2) is 21.9 Å². The van der Waals surface area contributed by atoms with Crippen molar-refractivity contribution in [1.82, 2.24) is 9.55 Å².